The number of halogens is 1. The molecule has 1 aliphatic rings. The molecule has 0 radical (unpaired) electrons. The van der Waals surface area contributed by atoms with Crippen molar-refractivity contribution in [3.05, 3.63) is 35.6 Å². The van der Waals surface area contributed by atoms with Crippen LogP contribution in [0.25, 0.3) is 0 Å². The molecule has 0 aromatic heterocycles. The van der Waals surface area contributed by atoms with E-state index in [-0.39, 0.29) is 17.8 Å². The smallest absolute Gasteiger partial charge is 0.123 e. The number of aliphatic hydroxyl groups is 1. The molecule has 1 N–H and O–H groups in total. The van der Waals surface area contributed by atoms with Crippen molar-refractivity contribution in [2.24, 2.45) is 5.41 Å². The second kappa shape index (κ2) is 3.11. The van der Waals surface area contributed by atoms with Crippen LogP contribution in [0.15, 0.2) is 24.3 Å². The zero-order valence-corrected chi connectivity index (χ0v) is 7.46. The van der Waals surface area contributed by atoms with Gasteiger partial charge in [-0.05, 0) is 42.4 Å². The highest BCUT2D eigenvalue weighted by molar-refractivity contribution is 5.19. The monoisotopic (exact) mass is 180 g/mol. The molecule has 0 bridgehead atoms. The molecule has 0 unspecified atom stereocenters. The first kappa shape index (κ1) is 8.70. The molecule has 2 rings (SSSR count). The van der Waals surface area contributed by atoms with Gasteiger partial charge >= 0.3 is 0 Å². The van der Waals surface area contributed by atoms with E-state index in [0.717, 1.165) is 24.8 Å². The predicted molar refractivity (Wildman–Crippen MR) is 48.9 cm³/mol. The average molecular weight is 180 g/mol. The molecule has 0 spiro atoms. The maximum Gasteiger partial charge on any atom is 0.123 e. The summed E-state index contributed by atoms with van der Waals surface area (Å²) in [5.74, 6) is -0.197. The van der Waals surface area contributed by atoms with Crippen molar-refractivity contribution in [2.75, 3.05) is 6.61 Å². The minimum Gasteiger partial charge on any atom is -0.396 e. The van der Waals surface area contributed by atoms with Crippen LogP contribution in [-0.4, -0.2) is 11.7 Å². The Morgan fingerprint density at radius 3 is 2.31 bits per heavy atom. The molecule has 0 heterocycles. The summed E-state index contributed by atoms with van der Waals surface area (Å²) < 4.78 is 12.6. The van der Waals surface area contributed by atoms with Crippen molar-refractivity contribution < 1.29 is 9.50 Å². The number of rotatable bonds is 3. The van der Waals surface area contributed by atoms with E-state index < -0.39 is 0 Å². The van der Waals surface area contributed by atoms with Gasteiger partial charge in [-0.25, -0.2) is 4.39 Å². The summed E-state index contributed by atoms with van der Waals surface area (Å²) in [7, 11) is 0. The van der Waals surface area contributed by atoms with Crippen LogP contribution >= 0.6 is 0 Å². The molecule has 0 amide bonds. The Morgan fingerprint density at radius 1 is 1.23 bits per heavy atom. The lowest BCUT2D eigenvalue weighted by Gasteiger charge is -2.10. The highest BCUT2D eigenvalue weighted by atomic mass is 19.1. The van der Waals surface area contributed by atoms with Crippen LogP contribution in [0.3, 0.4) is 0 Å². The molecule has 1 fully saturated rings. The molecule has 1 aromatic carbocycles. The molecular formula is C11H13FO. The Balaban J connectivity index is 2.06. The zero-order chi connectivity index (χ0) is 9.31. The molecule has 1 nitrogen and oxygen atoms in total. The minimum atomic E-state index is -0.197. The van der Waals surface area contributed by atoms with E-state index in [1.807, 2.05) is 0 Å². The largest absolute Gasteiger partial charge is 0.396 e. The molecule has 1 saturated carbocycles. The van der Waals surface area contributed by atoms with Gasteiger partial charge in [-0.1, -0.05) is 12.1 Å². The van der Waals surface area contributed by atoms with Crippen LogP contribution < -0.4 is 0 Å². The van der Waals surface area contributed by atoms with Crippen molar-refractivity contribution in [1.29, 1.82) is 0 Å². The molecule has 13 heavy (non-hydrogen) atoms. The maximum atomic E-state index is 12.6. The first-order valence-electron chi connectivity index (χ1n) is 4.59. The highest BCUT2D eigenvalue weighted by Crippen LogP contribution is 2.47. The predicted octanol–water partition coefficient (Wildman–Crippen LogP) is 2.14. The fraction of sp³-hybridized carbons (Fsp3) is 0.455. The second-order valence-corrected chi connectivity index (χ2v) is 3.96. The molecule has 0 aliphatic heterocycles. The molecule has 70 valence electrons. The van der Waals surface area contributed by atoms with Crippen molar-refractivity contribution >= 4 is 0 Å². The molecular weight excluding hydrogens is 167 g/mol. The Bertz CT molecular complexity index is 287. The molecule has 0 saturated heterocycles. The number of aliphatic hydroxyl groups excluding tert-OH is 1. The topological polar surface area (TPSA) is 20.2 Å². The van der Waals surface area contributed by atoms with Gasteiger partial charge in [0.05, 0.1) is 0 Å². The third-order valence-electron chi connectivity index (χ3n) is 2.78. The van der Waals surface area contributed by atoms with E-state index in [4.69, 9.17) is 5.11 Å². The number of hydrogen-bond donors (Lipinski definition) is 1. The van der Waals surface area contributed by atoms with Crippen molar-refractivity contribution in [3.8, 4) is 0 Å². The number of benzene rings is 1. The molecule has 0 atom stereocenters. The first-order valence-corrected chi connectivity index (χ1v) is 4.59. The second-order valence-electron chi connectivity index (χ2n) is 3.96. The van der Waals surface area contributed by atoms with Crippen molar-refractivity contribution in [3.63, 3.8) is 0 Å². The summed E-state index contributed by atoms with van der Waals surface area (Å²) in [4.78, 5) is 0. The lowest BCUT2D eigenvalue weighted by molar-refractivity contribution is 0.211. The van der Waals surface area contributed by atoms with Gasteiger partial charge in [0, 0.05) is 6.61 Å². The van der Waals surface area contributed by atoms with E-state index in [9.17, 15) is 4.39 Å². The van der Waals surface area contributed by atoms with Crippen molar-refractivity contribution in [2.45, 2.75) is 19.3 Å². The number of hydrogen-bond acceptors (Lipinski definition) is 1. The van der Waals surface area contributed by atoms with E-state index >= 15 is 0 Å². The Morgan fingerprint density at radius 2 is 1.85 bits per heavy atom. The first-order chi connectivity index (χ1) is 6.24. The Kier molecular flexibility index (Phi) is 2.08. The van der Waals surface area contributed by atoms with Crippen LogP contribution in [-0.2, 0) is 6.42 Å². The Hall–Kier alpha value is -0.890. The van der Waals surface area contributed by atoms with Gasteiger partial charge in [-0.3, -0.25) is 0 Å². The van der Waals surface area contributed by atoms with Gasteiger partial charge in [0.2, 0.25) is 0 Å². The normalized spacial score (nSPS) is 18.6. The van der Waals surface area contributed by atoms with Crippen LogP contribution in [0.5, 0.6) is 0 Å². The van der Waals surface area contributed by atoms with Crippen LogP contribution in [0, 0.1) is 11.2 Å². The summed E-state index contributed by atoms with van der Waals surface area (Å²) >= 11 is 0. The third kappa shape index (κ3) is 1.89. The molecule has 1 aromatic rings. The van der Waals surface area contributed by atoms with E-state index in [1.165, 1.54) is 12.1 Å². The van der Waals surface area contributed by atoms with E-state index in [0.29, 0.717) is 0 Å². The van der Waals surface area contributed by atoms with Crippen LogP contribution in [0.2, 0.25) is 0 Å². The summed E-state index contributed by atoms with van der Waals surface area (Å²) in [5, 5.41) is 9.10. The van der Waals surface area contributed by atoms with E-state index in [2.05, 4.69) is 0 Å². The average Bonchev–Trinajstić information content (AvgIpc) is 2.90. The van der Waals surface area contributed by atoms with Gasteiger partial charge in [-0.2, -0.15) is 0 Å². The minimum absolute atomic E-state index is 0.123. The SMILES string of the molecule is OCC1(Cc2ccc(F)cc2)CC1. The molecule has 1 aliphatic carbocycles. The summed E-state index contributed by atoms with van der Waals surface area (Å²) in [6.45, 7) is 0.254. The lowest BCUT2D eigenvalue weighted by Crippen LogP contribution is -2.09. The fourth-order valence-corrected chi connectivity index (χ4v) is 1.60. The van der Waals surface area contributed by atoms with E-state index in [1.54, 1.807) is 12.1 Å². The molecule has 2 heteroatoms. The maximum absolute atomic E-state index is 12.6. The standard InChI is InChI=1S/C11H13FO/c12-10-3-1-9(2-4-10)7-11(8-13)5-6-11/h1-4,13H,5-8H2. The van der Waals surface area contributed by atoms with Gasteiger partial charge in [-0.15, -0.1) is 0 Å². The quantitative estimate of drug-likeness (QED) is 0.755. The van der Waals surface area contributed by atoms with Gasteiger partial charge in [0.25, 0.3) is 0 Å². The van der Waals surface area contributed by atoms with Crippen LogP contribution in [0.4, 0.5) is 4.39 Å². The third-order valence-corrected chi connectivity index (χ3v) is 2.78. The van der Waals surface area contributed by atoms with Gasteiger partial charge in [0.15, 0.2) is 0 Å². The summed E-state index contributed by atoms with van der Waals surface area (Å²) in [6.07, 6.45) is 3.07. The lowest BCUT2D eigenvalue weighted by atomic mass is 9.98. The fourth-order valence-electron chi connectivity index (χ4n) is 1.60. The highest BCUT2D eigenvalue weighted by Gasteiger charge is 2.41. The van der Waals surface area contributed by atoms with Gasteiger partial charge < -0.3 is 5.11 Å². The summed E-state index contributed by atoms with van der Waals surface area (Å²) in [6, 6.07) is 6.54. The van der Waals surface area contributed by atoms with Gasteiger partial charge in [0.1, 0.15) is 5.82 Å². The van der Waals surface area contributed by atoms with Crippen molar-refractivity contribution in [1.82, 2.24) is 0 Å². The summed E-state index contributed by atoms with van der Waals surface area (Å²) in [5.41, 5.74) is 1.24. The Labute approximate surface area is 77.2 Å². The zero-order valence-electron chi connectivity index (χ0n) is 7.46. The van der Waals surface area contributed by atoms with Crippen LogP contribution in [0.1, 0.15) is 18.4 Å².